The van der Waals surface area contributed by atoms with Gasteiger partial charge >= 0.3 is 0 Å². The zero-order valence-corrected chi connectivity index (χ0v) is 16.6. The summed E-state index contributed by atoms with van der Waals surface area (Å²) in [7, 11) is -3.53. The van der Waals surface area contributed by atoms with Crippen molar-refractivity contribution in [2.45, 2.75) is 24.7 Å². The van der Waals surface area contributed by atoms with Crippen LogP contribution >= 0.6 is 0 Å². The molecule has 0 aromatic heterocycles. The quantitative estimate of drug-likeness (QED) is 0.376. The normalized spacial score (nSPS) is 11.1. The Bertz CT molecular complexity index is 973. The molecule has 0 spiro atoms. The molecule has 0 bridgehead atoms. The highest BCUT2D eigenvalue weighted by molar-refractivity contribution is 7.90. The number of anilines is 1. The molecule has 2 aromatic rings. The van der Waals surface area contributed by atoms with E-state index in [1.54, 1.807) is 0 Å². The summed E-state index contributed by atoms with van der Waals surface area (Å²) in [5, 5.41) is 16.8. The van der Waals surface area contributed by atoms with Gasteiger partial charge in [-0.3, -0.25) is 14.9 Å². The Labute approximate surface area is 164 Å². The molecule has 2 aromatic carbocycles. The largest absolute Gasteiger partial charge is 0.378 e. The smallest absolute Gasteiger partial charge is 0.293 e. The maximum atomic E-state index is 11.9. The SMILES string of the molecule is Cc1cccc(CCC(=O)NCCNc2ccc(S(C)(=O)=O)cc2[N+](=O)[O-])c1. The van der Waals surface area contributed by atoms with Gasteiger partial charge < -0.3 is 10.6 Å². The van der Waals surface area contributed by atoms with Gasteiger partial charge in [0.25, 0.3) is 5.69 Å². The molecule has 0 saturated heterocycles. The van der Waals surface area contributed by atoms with E-state index in [9.17, 15) is 23.3 Å². The Balaban J connectivity index is 1.84. The van der Waals surface area contributed by atoms with Gasteiger partial charge in [0.1, 0.15) is 5.69 Å². The van der Waals surface area contributed by atoms with Crippen LogP contribution in [0.4, 0.5) is 11.4 Å². The monoisotopic (exact) mass is 405 g/mol. The highest BCUT2D eigenvalue weighted by Crippen LogP contribution is 2.27. The molecule has 8 nitrogen and oxygen atoms in total. The lowest BCUT2D eigenvalue weighted by Gasteiger charge is -2.09. The lowest BCUT2D eigenvalue weighted by Crippen LogP contribution is -2.29. The second-order valence-corrected chi connectivity index (χ2v) is 8.49. The van der Waals surface area contributed by atoms with Crippen LogP contribution in [0.15, 0.2) is 47.4 Å². The van der Waals surface area contributed by atoms with E-state index in [4.69, 9.17) is 0 Å². The van der Waals surface area contributed by atoms with Crippen molar-refractivity contribution >= 4 is 27.1 Å². The van der Waals surface area contributed by atoms with Gasteiger partial charge in [-0.2, -0.15) is 0 Å². The Morgan fingerprint density at radius 3 is 2.54 bits per heavy atom. The Hall–Kier alpha value is -2.94. The number of aryl methyl sites for hydroxylation is 2. The van der Waals surface area contributed by atoms with E-state index in [2.05, 4.69) is 10.6 Å². The van der Waals surface area contributed by atoms with E-state index in [1.165, 1.54) is 12.1 Å². The van der Waals surface area contributed by atoms with Gasteiger partial charge in [-0.15, -0.1) is 0 Å². The van der Waals surface area contributed by atoms with Gasteiger partial charge in [0, 0.05) is 31.8 Å². The maximum absolute atomic E-state index is 11.9. The van der Waals surface area contributed by atoms with Crippen LogP contribution in [-0.4, -0.2) is 38.6 Å². The van der Waals surface area contributed by atoms with Gasteiger partial charge in [-0.25, -0.2) is 8.42 Å². The third-order valence-electron chi connectivity index (χ3n) is 4.08. The van der Waals surface area contributed by atoms with Crippen LogP contribution < -0.4 is 10.6 Å². The minimum atomic E-state index is -3.53. The standard InChI is InChI=1S/C19H23N3O5S/c1-14-4-3-5-15(12-14)6-9-19(23)21-11-10-20-17-8-7-16(28(2,26)27)13-18(17)22(24)25/h3-5,7-8,12-13,20H,6,9-11H2,1-2H3,(H,21,23). The fraction of sp³-hybridized carbons (Fsp3) is 0.316. The topological polar surface area (TPSA) is 118 Å². The Kier molecular flexibility index (Phi) is 7.11. The summed E-state index contributed by atoms with van der Waals surface area (Å²) in [4.78, 5) is 22.4. The summed E-state index contributed by atoms with van der Waals surface area (Å²) in [6.45, 7) is 2.56. The number of nitro groups is 1. The number of sulfone groups is 1. The Morgan fingerprint density at radius 2 is 1.89 bits per heavy atom. The summed E-state index contributed by atoms with van der Waals surface area (Å²) in [6.07, 6.45) is 1.98. The summed E-state index contributed by atoms with van der Waals surface area (Å²) < 4.78 is 23.1. The van der Waals surface area contributed by atoms with E-state index >= 15 is 0 Å². The van der Waals surface area contributed by atoms with E-state index in [-0.39, 0.29) is 35.3 Å². The van der Waals surface area contributed by atoms with Crippen molar-refractivity contribution in [1.29, 1.82) is 0 Å². The summed E-state index contributed by atoms with van der Waals surface area (Å²) in [5.41, 5.74) is 2.11. The van der Waals surface area contributed by atoms with E-state index in [0.29, 0.717) is 12.8 Å². The fourth-order valence-electron chi connectivity index (χ4n) is 2.66. The highest BCUT2D eigenvalue weighted by atomic mass is 32.2. The number of hydrogen-bond donors (Lipinski definition) is 2. The minimum absolute atomic E-state index is 0.106. The van der Waals surface area contributed by atoms with Crippen LogP contribution in [0, 0.1) is 17.0 Å². The first kappa shape index (κ1) is 21.4. The van der Waals surface area contributed by atoms with E-state index in [1.807, 2.05) is 31.2 Å². The van der Waals surface area contributed by atoms with Crippen molar-refractivity contribution in [3.05, 3.63) is 63.7 Å². The van der Waals surface area contributed by atoms with Crippen LogP contribution in [0.5, 0.6) is 0 Å². The average molecular weight is 405 g/mol. The van der Waals surface area contributed by atoms with Crippen molar-refractivity contribution in [1.82, 2.24) is 5.32 Å². The number of hydrogen-bond acceptors (Lipinski definition) is 6. The predicted octanol–water partition coefficient (Wildman–Crippen LogP) is 2.47. The molecule has 2 rings (SSSR count). The zero-order chi connectivity index (χ0) is 20.7. The molecular formula is C19H23N3O5S. The molecule has 0 atom stereocenters. The first-order valence-corrected chi connectivity index (χ1v) is 10.6. The summed E-state index contributed by atoms with van der Waals surface area (Å²) in [6, 6.07) is 11.7. The van der Waals surface area contributed by atoms with E-state index in [0.717, 1.165) is 23.4 Å². The molecule has 0 fully saturated rings. The molecule has 2 N–H and O–H groups in total. The number of nitrogens with zero attached hydrogens (tertiary/aromatic N) is 1. The zero-order valence-electron chi connectivity index (χ0n) is 15.8. The lowest BCUT2D eigenvalue weighted by molar-refractivity contribution is -0.384. The first-order chi connectivity index (χ1) is 13.2. The van der Waals surface area contributed by atoms with Gasteiger partial charge in [0.2, 0.25) is 5.91 Å². The number of amides is 1. The number of carbonyl (C=O) groups is 1. The number of nitrogens with one attached hydrogen (secondary N) is 2. The molecule has 150 valence electrons. The van der Waals surface area contributed by atoms with Crippen LogP contribution in [0.3, 0.4) is 0 Å². The summed E-state index contributed by atoms with van der Waals surface area (Å²) >= 11 is 0. The average Bonchev–Trinajstić information content (AvgIpc) is 2.62. The molecule has 0 radical (unpaired) electrons. The Morgan fingerprint density at radius 1 is 1.14 bits per heavy atom. The van der Waals surface area contributed by atoms with Crippen LogP contribution in [0.1, 0.15) is 17.5 Å². The van der Waals surface area contributed by atoms with Crippen molar-refractivity contribution in [3.8, 4) is 0 Å². The molecule has 0 heterocycles. The molecule has 9 heteroatoms. The molecule has 0 saturated carbocycles. The molecule has 0 aliphatic rings. The third kappa shape index (κ3) is 6.34. The van der Waals surface area contributed by atoms with Crippen molar-refractivity contribution in [3.63, 3.8) is 0 Å². The lowest BCUT2D eigenvalue weighted by atomic mass is 10.1. The highest BCUT2D eigenvalue weighted by Gasteiger charge is 2.18. The molecule has 0 unspecified atom stereocenters. The molecule has 0 aliphatic carbocycles. The van der Waals surface area contributed by atoms with Crippen LogP contribution in [0.2, 0.25) is 0 Å². The maximum Gasteiger partial charge on any atom is 0.293 e. The molecular weight excluding hydrogens is 382 g/mol. The van der Waals surface area contributed by atoms with Crippen molar-refractivity contribution < 1.29 is 18.1 Å². The molecule has 0 aliphatic heterocycles. The van der Waals surface area contributed by atoms with Gasteiger partial charge in [0.05, 0.1) is 9.82 Å². The minimum Gasteiger partial charge on any atom is -0.378 e. The second kappa shape index (κ2) is 9.32. The molecule has 28 heavy (non-hydrogen) atoms. The number of carbonyl (C=O) groups excluding carboxylic acids is 1. The van der Waals surface area contributed by atoms with Gasteiger partial charge in [0.15, 0.2) is 9.84 Å². The number of benzene rings is 2. The predicted molar refractivity (Wildman–Crippen MR) is 107 cm³/mol. The van der Waals surface area contributed by atoms with Crippen molar-refractivity contribution in [2.24, 2.45) is 0 Å². The second-order valence-electron chi connectivity index (χ2n) is 6.47. The van der Waals surface area contributed by atoms with Crippen molar-refractivity contribution in [2.75, 3.05) is 24.7 Å². The first-order valence-electron chi connectivity index (χ1n) is 8.71. The van der Waals surface area contributed by atoms with Crippen LogP contribution in [0.25, 0.3) is 0 Å². The van der Waals surface area contributed by atoms with Crippen LogP contribution in [-0.2, 0) is 21.1 Å². The molecule has 1 amide bonds. The summed E-state index contributed by atoms with van der Waals surface area (Å²) in [5.74, 6) is -0.106. The third-order valence-corrected chi connectivity index (χ3v) is 5.19. The van der Waals surface area contributed by atoms with Gasteiger partial charge in [-0.05, 0) is 31.0 Å². The number of nitro benzene ring substituents is 1. The van der Waals surface area contributed by atoms with Gasteiger partial charge in [-0.1, -0.05) is 29.8 Å². The fourth-order valence-corrected chi connectivity index (χ4v) is 3.30. The number of rotatable bonds is 9. The van der Waals surface area contributed by atoms with E-state index < -0.39 is 14.8 Å².